The van der Waals surface area contributed by atoms with Crippen LogP contribution in [0.25, 0.3) is 0 Å². The highest BCUT2D eigenvalue weighted by atomic mass is 31.2. The van der Waals surface area contributed by atoms with Crippen molar-refractivity contribution in [2.24, 2.45) is 0 Å². The highest BCUT2D eigenvalue weighted by molar-refractivity contribution is 7.47. The Morgan fingerprint density at radius 3 is 2.39 bits per heavy atom. The lowest BCUT2D eigenvalue weighted by atomic mass is 9.84. The Balaban J connectivity index is 1.92. The van der Waals surface area contributed by atoms with Crippen LogP contribution >= 0.6 is 8.38 Å². The Morgan fingerprint density at radius 1 is 1.10 bits per heavy atom. The molecule has 0 saturated heterocycles. The fraction of sp³-hybridized carbons (Fsp3) is 0.538. The second kappa shape index (κ2) is 9.90. The second-order valence-electron chi connectivity index (χ2n) is 9.26. The molecule has 0 heterocycles. The number of phenolic OH excluding ortho intramolecular Hbond substituents is 1. The van der Waals surface area contributed by atoms with E-state index in [-0.39, 0.29) is 11.3 Å². The number of ether oxygens (including phenoxy) is 1. The van der Waals surface area contributed by atoms with Gasteiger partial charge >= 0.3 is 0 Å². The monoisotopic (exact) mass is 444 g/mol. The van der Waals surface area contributed by atoms with E-state index in [1.54, 1.807) is 0 Å². The van der Waals surface area contributed by atoms with E-state index < -0.39 is 8.38 Å². The van der Waals surface area contributed by atoms with E-state index >= 15 is 0 Å². The minimum atomic E-state index is -1.03. The van der Waals surface area contributed by atoms with Crippen LogP contribution in [0.2, 0.25) is 0 Å². The molecule has 2 aromatic rings. The maximum Gasteiger partial charge on any atom is 0.211 e. The number of rotatable bonds is 9. The lowest BCUT2D eigenvalue weighted by Gasteiger charge is -2.21. The van der Waals surface area contributed by atoms with E-state index in [0.29, 0.717) is 31.2 Å². The first kappa shape index (κ1) is 24.0. The molecular weight excluding hydrogens is 407 g/mol. The van der Waals surface area contributed by atoms with E-state index in [9.17, 15) is 5.11 Å². The molecule has 0 aliphatic heterocycles. The predicted molar refractivity (Wildman–Crippen MR) is 129 cm³/mol. The van der Waals surface area contributed by atoms with Gasteiger partial charge in [-0.25, -0.2) is 0 Å². The van der Waals surface area contributed by atoms with Gasteiger partial charge in [0, 0.05) is 5.92 Å². The van der Waals surface area contributed by atoms with Gasteiger partial charge in [0.05, 0.1) is 13.2 Å². The summed E-state index contributed by atoms with van der Waals surface area (Å²) < 4.78 is 17.5. The number of hydrogen-bond acceptors (Lipinski definition) is 4. The molecule has 31 heavy (non-hydrogen) atoms. The van der Waals surface area contributed by atoms with Gasteiger partial charge in [0.15, 0.2) is 6.35 Å². The van der Waals surface area contributed by atoms with Gasteiger partial charge in [0.25, 0.3) is 0 Å². The third kappa shape index (κ3) is 5.25. The van der Waals surface area contributed by atoms with Crippen molar-refractivity contribution in [1.29, 1.82) is 0 Å². The van der Waals surface area contributed by atoms with Gasteiger partial charge in [0.1, 0.15) is 11.5 Å². The standard InChI is InChI=1S/C26H37O4P/c1-8-29-31(30-9-2)16-28-20-12-18(5)25-22(15-26(6,7)23(25)14-20)19-10-11-24(27)21(13-19)17(3)4/h10-14,17,22,27H,8-9,15-16H2,1-7H3. The highest BCUT2D eigenvalue weighted by Gasteiger charge is 2.39. The zero-order chi connectivity index (χ0) is 22.8. The zero-order valence-corrected chi connectivity index (χ0v) is 20.9. The van der Waals surface area contributed by atoms with Crippen LogP contribution in [0, 0.1) is 6.92 Å². The number of aromatic hydroxyl groups is 1. The molecule has 1 unspecified atom stereocenters. The molecule has 1 atom stereocenters. The first-order valence-corrected chi connectivity index (χ1v) is 12.7. The van der Waals surface area contributed by atoms with Crippen LogP contribution in [0.3, 0.4) is 0 Å². The molecular formula is C26H37O4P. The Morgan fingerprint density at radius 2 is 1.77 bits per heavy atom. The molecule has 1 aliphatic carbocycles. The maximum atomic E-state index is 10.3. The van der Waals surface area contributed by atoms with Crippen molar-refractivity contribution in [2.75, 3.05) is 19.6 Å². The van der Waals surface area contributed by atoms with Crippen LogP contribution in [-0.2, 0) is 14.5 Å². The number of benzene rings is 2. The highest BCUT2D eigenvalue weighted by Crippen LogP contribution is 2.52. The van der Waals surface area contributed by atoms with Gasteiger partial charge in [-0.1, -0.05) is 39.8 Å². The quantitative estimate of drug-likeness (QED) is 0.411. The molecule has 0 fully saturated rings. The molecule has 2 aromatic carbocycles. The molecule has 0 spiro atoms. The number of aryl methyl sites for hydroxylation is 1. The van der Waals surface area contributed by atoms with Crippen LogP contribution in [0.4, 0.5) is 0 Å². The van der Waals surface area contributed by atoms with Crippen LogP contribution in [0.1, 0.15) is 87.6 Å². The summed E-state index contributed by atoms with van der Waals surface area (Å²) in [6, 6.07) is 10.5. The summed E-state index contributed by atoms with van der Waals surface area (Å²) in [6.07, 6.45) is 1.48. The zero-order valence-electron chi connectivity index (χ0n) is 20.0. The van der Waals surface area contributed by atoms with E-state index in [1.165, 1.54) is 22.3 Å². The van der Waals surface area contributed by atoms with Gasteiger partial charge in [-0.15, -0.1) is 0 Å². The van der Waals surface area contributed by atoms with Gasteiger partial charge < -0.3 is 18.9 Å². The molecule has 0 bridgehead atoms. The first-order valence-electron chi connectivity index (χ1n) is 11.3. The molecule has 0 aromatic heterocycles. The summed E-state index contributed by atoms with van der Waals surface area (Å²) >= 11 is 0. The molecule has 0 saturated carbocycles. The molecule has 4 nitrogen and oxygen atoms in total. The van der Waals surface area contributed by atoms with Crippen LogP contribution in [-0.4, -0.2) is 24.7 Å². The smallest absolute Gasteiger partial charge is 0.211 e. The Hall–Kier alpha value is -1.61. The fourth-order valence-electron chi connectivity index (χ4n) is 4.66. The summed E-state index contributed by atoms with van der Waals surface area (Å²) in [5.74, 6) is 1.87. The number of hydrogen-bond donors (Lipinski definition) is 1. The fourth-order valence-corrected chi connectivity index (χ4v) is 5.71. The third-order valence-corrected chi connectivity index (χ3v) is 7.54. The topological polar surface area (TPSA) is 47.9 Å². The SMILES string of the molecule is CCOP(COc1cc(C)c2c(c1)C(C)(C)CC2c1ccc(O)c(C(C)C)c1)OCC. The Labute approximate surface area is 188 Å². The van der Waals surface area contributed by atoms with Crippen LogP contribution in [0.15, 0.2) is 30.3 Å². The molecule has 1 aliphatic rings. The molecule has 170 valence electrons. The Bertz CT molecular complexity index is 901. The minimum Gasteiger partial charge on any atom is -0.508 e. The lowest BCUT2D eigenvalue weighted by Crippen LogP contribution is -2.13. The maximum absolute atomic E-state index is 10.3. The summed E-state index contributed by atoms with van der Waals surface area (Å²) in [7, 11) is -1.03. The van der Waals surface area contributed by atoms with E-state index in [4.69, 9.17) is 13.8 Å². The summed E-state index contributed by atoms with van der Waals surface area (Å²) in [4.78, 5) is 0. The van der Waals surface area contributed by atoms with Crippen molar-refractivity contribution >= 4 is 8.38 Å². The average molecular weight is 445 g/mol. The molecule has 5 heteroatoms. The van der Waals surface area contributed by atoms with Gasteiger partial charge in [-0.3, -0.25) is 0 Å². The molecule has 0 radical (unpaired) electrons. The lowest BCUT2D eigenvalue weighted by molar-refractivity contribution is 0.243. The average Bonchev–Trinajstić information content (AvgIpc) is 2.98. The summed E-state index contributed by atoms with van der Waals surface area (Å²) in [5.41, 5.74) is 6.34. The predicted octanol–water partition coefficient (Wildman–Crippen LogP) is 7.36. The van der Waals surface area contributed by atoms with E-state index in [2.05, 4.69) is 58.9 Å². The second-order valence-corrected chi connectivity index (χ2v) is 10.7. The van der Waals surface area contributed by atoms with E-state index in [0.717, 1.165) is 17.7 Å². The minimum absolute atomic E-state index is 0.0462. The van der Waals surface area contributed by atoms with Crippen molar-refractivity contribution in [2.45, 2.75) is 72.1 Å². The molecule has 0 amide bonds. The van der Waals surface area contributed by atoms with Crippen molar-refractivity contribution in [3.8, 4) is 11.5 Å². The van der Waals surface area contributed by atoms with Crippen molar-refractivity contribution in [1.82, 2.24) is 0 Å². The van der Waals surface area contributed by atoms with Crippen molar-refractivity contribution in [3.05, 3.63) is 58.1 Å². The summed E-state index contributed by atoms with van der Waals surface area (Å²) in [6.45, 7) is 16.3. The normalized spacial score (nSPS) is 17.4. The molecule has 1 N–H and O–H groups in total. The largest absolute Gasteiger partial charge is 0.508 e. The summed E-state index contributed by atoms with van der Waals surface area (Å²) in [5, 5.41) is 10.3. The van der Waals surface area contributed by atoms with Crippen LogP contribution in [0.5, 0.6) is 11.5 Å². The van der Waals surface area contributed by atoms with Gasteiger partial charge in [-0.05, 0) is 84.5 Å². The van der Waals surface area contributed by atoms with Crippen molar-refractivity contribution in [3.63, 3.8) is 0 Å². The van der Waals surface area contributed by atoms with Gasteiger partial charge in [0.2, 0.25) is 8.38 Å². The van der Waals surface area contributed by atoms with E-state index in [1.807, 2.05) is 19.9 Å². The third-order valence-electron chi connectivity index (χ3n) is 6.11. The number of fused-ring (bicyclic) bond motifs is 1. The molecule has 3 rings (SSSR count). The Kier molecular flexibility index (Phi) is 7.68. The van der Waals surface area contributed by atoms with Gasteiger partial charge in [-0.2, -0.15) is 0 Å². The van der Waals surface area contributed by atoms with Crippen molar-refractivity contribution < 1.29 is 18.9 Å². The first-order chi connectivity index (χ1) is 14.7. The van der Waals surface area contributed by atoms with Crippen LogP contribution < -0.4 is 4.74 Å². The number of phenols is 1.